The van der Waals surface area contributed by atoms with E-state index in [1.54, 1.807) is 0 Å². The first-order valence-electron chi connectivity index (χ1n) is 7.36. The molecule has 0 saturated heterocycles. The highest BCUT2D eigenvalue weighted by atomic mass is 14.7. The number of pyridine rings is 1. The molecule has 104 valence electrons. The van der Waals surface area contributed by atoms with E-state index in [0.717, 1.165) is 5.69 Å². The van der Waals surface area contributed by atoms with Crippen molar-refractivity contribution in [3.05, 3.63) is 78.5 Å². The molecule has 0 bridgehead atoms. The Morgan fingerprint density at radius 2 is 1.29 bits per heavy atom. The second-order valence-electron chi connectivity index (χ2n) is 5.54. The van der Waals surface area contributed by atoms with E-state index in [0.29, 0.717) is 5.92 Å². The van der Waals surface area contributed by atoms with E-state index in [4.69, 9.17) is 0 Å². The highest BCUT2D eigenvalue weighted by Crippen LogP contribution is 2.29. The van der Waals surface area contributed by atoms with Crippen LogP contribution >= 0.6 is 0 Å². The molecular weight excluding hydrogens is 254 g/mol. The molecule has 0 aliphatic rings. The Labute approximate surface area is 126 Å². The highest BCUT2D eigenvalue weighted by molar-refractivity contribution is 5.70. The monoisotopic (exact) mass is 273 g/mol. The van der Waals surface area contributed by atoms with Gasteiger partial charge in [0.15, 0.2) is 0 Å². The fourth-order valence-electron chi connectivity index (χ4n) is 2.58. The van der Waals surface area contributed by atoms with Gasteiger partial charge in [0.1, 0.15) is 0 Å². The van der Waals surface area contributed by atoms with Gasteiger partial charge in [-0.15, -0.1) is 0 Å². The molecular formula is C20H19N. The van der Waals surface area contributed by atoms with Gasteiger partial charge in [-0.3, -0.25) is 4.98 Å². The van der Waals surface area contributed by atoms with Crippen LogP contribution in [0, 0.1) is 0 Å². The van der Waals surface area contributed by atoms with E-state index in [2.05, 4.69) is 73.4 Å². The van der Waals surface area contributed by atoms with E-state index >= 15 is 0 Å². The van der Waals surface area contributed by atoms with Gasteiger partial charge in [0, 0.05) is 11.8 Å². The third kappa shape index (κ3) is 2.87. The number of hydrogen-bond donors (Lipinski definition) is 0. The zero-order valence-corrected chi connectivity index (χ0v) is 12.5. The van der Waals surface area contributed by atoms with Crippen LogP contribution in [-0.2, 0) is 0 Å². The molecule has 0 unspecified atom stereocenters. The Morgan fingerprint density at radius 1 is 0.667 bits per heavy atom. The second kappa shape index (κ2) is 5.92. The summed E-state index contributed by atoms with van der Waals surface area (Å²) in [4.78, 5) is 4.57. The Bertz CT molecular complexity index is 712. The molecule has 1 heterocycles. The summed E-state index contributed by atoms with van der Waals surface area (Å²) < 4.78 is 0. The molecule has 0 amide bonds. The Kier molecular flexibility index (Phi) is 3.83. The molecule has 0 atom stereocenters. The number of aromatic nitrogens is 1. The summed E-state index contributed by atoms with van der Waals surface area (Å²) >= 11 is 0. The average Bonchev–Trinajstić information content (AvgIpc) is 2.56. The largest absolute Gasteiger partial charge is 0.256 e. The maximum atomic E-state index is 4.57. The quantitative estimate of drug-likeness (QED) is 0.610. The van der Waals surface area contributed by atoms with Crippen LogP contribution in [0.4, 0.5) is 0 Å². The van der Waals surface area contributed by atoms with E-state index in [-0.39, 0.29) is 0 Å². The first-order valence-corrected chi connectivity index (χ1v) is 7.36. The van der Waals surface area contributed by atoms with E-state index in [1.807, 2.05) is 18.3 Å². The summed E-state index contributed by atoms with van der Waals surface area (Å²) in [5.41, 5.74) is 6.05. The molecule has 3 rings (SSSR count). The first-order chi connectivity index (χ1) is 10.3. The SMILES string of the molecule is CC(C)c1cccnc1-c1ccc(-c2ccccc2)cc1. The van der Waals surface area contributed by atoms with Crippen molar-refractivity contribution in [3.8, 4) is 22.4 Å². The van der Waals surface area contributed by atoms with E-state index in [9.17, 15) is 0 Å². The first kappa shape index (κ1) is 13.6. The number of hydrogen-bond acceptors (Lipinski definition) is 1. The summed E-state index contributed by atoms with van der Waals surface area (Å²) in [5, 5.41) is 0. The minimum atomic E-state index is 0.475. The lowest BCUT2D eigenvalue weighted by Crippen LogP contribution is -1.94. The lowest BCUT2D eigenvalue weighted by atomic mass is 9.96. The predicted octanol–water partition coefficient (Wildman–Crippen LogP) is 5.54. The predicted molar refractivity (Wildman–Crippen MR) is 89.2 cm³/mol. The lowest BCUT2D eigenvalue weighted by molar-refractivity contribution is 0.861. The summed E-state index contributed by atoms with van der Waals surface area (Å²) in [5.74, 6) is 0.475. The van der Waals surface area contributed by atoms with Crippen LogP contribution in [-0.4, -0.2) is 4.98 Å². The van der Waals surface area contributed by atoms with Crippen molar-refractivity contribution < 1.29 is 0 Å². The molecule has 0 saturated carbocycles. The number of benzene rings is 2. The average molecular weight is 273 g/mol. The van der Waals surface area contributed by atoms with Crippen LogP contribution in [0.2, 0.25) is 0 Å². The van der Waals surface area contributed by atoms with Crippen molar-refractivity contribution >= 4 is 0 Å². The fraction of sp³-hybridized carbons (Fsp3) is 0.150. The van der Waals surface area contributed by atoms with Crippen molar-refractivity contribution in [1.82, 2.24) is 4.98 Å². The van der Waals surface area contributed by atoms with Gasteiger partial charge in [-0.2, -0.15) is 0 Å². The topological polar surface area (TPSA) is 12.9 Å². The highest BCUT2D eigenvalue weighted by Gasteiger charge is 2.09. The molecule has 1 aromatic heterocycles. The Balaban J connectivity index is 1.99. The lowest BCUT2D eigenvalue weighted by Gasteiger charge is -2.12. The van der Waals surface area contributed by atoms with Gasteiger partial charge in [0.25, 0.3) is 0 Å². The second-order valence-corrected chi connectivity index (χ2v) is 5.54. The summed E-state index contributed by atoms with van der Waals surface area (Å²) in [6.45, 7) is 4.41. The molecule has 0 N–H and O–H groups in total. The maximum Gasteiger partial charge on any atom is 0.0736 e. The number of rotatable bonds is 3. The molecule has 1 nitrogen and oxygen atoms in total. The van der Waals surface area contributed by atoms with Crippen LogP contribution in [0.1, 0.15) is 25.3 Å². The molecule has 0 aliphatic heterocycles. The Hall–Kier alpha value is -2.41. The van der Waals surface area contributed by atoms with Crippen molar-refractivity contribution in [1.29, 1.82) is 0 Å². The number of nitrogens with zero attached hydrogens (tertiary/aromatic N) is 1. The van der Waals surface area contributed by atoms with Gasteiger partial charge in [0.2, 0.25) is 0 Å². The fourth-order valence-corrected chi connectivity index (χ4v) is 2.58. The van der Waals surface area contributed by atoms with Crippen LogP contribution in [0.5, 0.6) is 0 Å². The van der Waals surface area contributed by atoms with Crippen LogP contribution in [0.25, 0.3) is 22.4 Å². The van der Waals surface area contributed by atoms with Crippen LogP contribution in [0.15, 0.2) is 72.9 Å². The van der Waals surface area contributed by atoms with Gasteiger partial charge >= 0.3 is 0 Å². The van der Waals surface area contributed by atoms with Crippen molar-refractivity contribution in [2.24, 2.45) is 0 Å². The van der Waals surface area contributed by atoms with Gasteiger partial charge in [-0.25, -0.2) is 0 Å². The standard InChI is InChI=1S/C20H19N/c1-15(2)19-9-6-14-21-20(19)18-12-10-17(11-13-18)16-7-4-3-5-8-16/h3-15H,1-2H3. The van der Waals surface area contributed by atoms with Gasteiger partial charge in [0.05, 0.1) is 5.69 Å². The van der Waals surface area contributed by atoms with Gasteiger partial charge in [-0.1, -0.05) is 74.5 Å². The van der Waals surface area contributed by atoms with Crippen molar-refractivity contribution in [3.63, 3.8) is 0 Å². The zero-order chi connectivity index (χ0) is 14.7. The van der Waals surface area contributed by atoms with Gasteiger partial charge < -0.3 is 0 Å². The summed E-state index contributed by atoms with van der Waals surface area (Å²) in [6.07, 6.45) is 1.87. The summed E-state index contributed by atoms with van der Waals surface area (Å²) in [7, 11) is 0. The molecule has 1 heteroatoms. The molecule has 21 heavy (non-hydrogen) atoms. The molecule has 0 spiro atoms. The third-order valence-corrected chi connectivity index (χ3v) is 3.73. The normalized spacial score (nSPS) is 10.8. The molecule has 0 radical (unpaired) electrons. The van der Waals surface area contributed by atoms with E-state index < -0.39 is 0 Å². The molecule has 0 fully saturated rings. The smallest absolute Gasteiger partial charge is 0.0736 e. The van der Waals surface area contributed by atoms with Crippen molar-refractivity contribution in [2.75, 3.05) is 0 Å². The zero-order valence-electron chi connectivity index (χ0n) is 12.5. The minimum Gasteiger partial charge on any atom is -0.256 e. The van der Waals surface area contributed by atoms with Gasteiger partial charge in [-0.05, 0) is 28.7 Å². The van der Waals surface area contributed by atoms with Crippen molar-refractivity contribution in [2.45, 2.75) is 19.8 Å². The molecule has 3 aromatic rings. The van der Waals surface area contributed by atoms with Crippen LogP contribution < -0.4 is 0 Å². The maximum absolute atomic E-state index is 4.57. The van der Waals surface area contributed by atoms with Crippen LogP contribution in [0.3, 0.4) is 0 Å². The Morgan fingerprint density at radius 3 is 1.95 bits per heavy atom. The summed E-state index contributed by atoms with van der Waals surface area (Å²) in [6, 6.07) is 23.3. The minimum absolute atomic E-state index is 0.475. The molecule has 0 aliphatic carbocycles. The molecule has 2 aromatic carbocycles. The third-order valence-electron chi connectivity index (χ3n) is 3.73. The van der Waals surface area contributed by atoms with E-state index in [1.165, 1.54) is 22.3 Å².